The van der Waals surface area contributed by atoms with E-state index in [-0.39, 0.29) is 16.9 Å². The maximum atomic E-state index is 12.6. The molecule has 0 fully saturated rings. The molecule has 28 heavy (non-hydrogen) atoms. The molecule has 6 nitrogen and oxygen atoms in total. The van der Waals surface area contributed by atoms with Crippen molar-refractivity contribution < 1.29 is 9.59 Å². The van der Waals surface area contributed by atoms with E-state index in [1.807, 2.05) is 49.7 Å². The van der Waals surface area contributed by atoms with Crippen LogP contribution in [0.5, 0.6) is 0 Å². The summed E-state index contributed by atoms with van der Waals surface area (Å²) in [6.07, 6.45) is 0. The molecule has 2 aromatic carbocycles. The molecule has 1 amide bonds. The number of rotatable bonds is 6. The normalized spacial score (nSPS) is 11.9. The fraction of sp³-hybridized carbons (Fsp3) is 0.238. The predicted octanol–water partition coefficient (Wildman–Crippen LogP) is 4.11. The largest absolute Gasteiger partial charge is 0.325 e. The fourth-order valence-electron chi connectivity index (χ4n) is 2.75. The molecule has 3 aromatic rings. The number of carbonyl (C=O) groups is 2. The van der Waals surface area contributed by atoms with Crippen molar-refractivity contribution in [3.8, 4) is 11.4 Å². The Hall–Kier alpha value is -2.93. The molecule has 144 valence electrons. The minimum absolute atomic E-state index is 0.0404. The quantitative estimate of drug-likeness (QED) is 0.503. The first-order chi connectivity index (χ1) is 13.4. The van der Waals surface area contributed by atoms with Crippen LogP contribution in [0.4, 0.5) is 5.69 Å². The monoisotopic (exact) mass is 394 g/mol. The average molecular weight is 395 g/mol. The second-order valence-corrected chi connectivity index (χ2v) is 7.87. The molecule has 0 aliphatic heterocycles. The molecule has 7 heteroatoms. The van der Waals surface area contributed by atoms with Crippen molar-refractivity contribution in [2.24, 2.45) is 7.05 Å². The van der Waals surface area contributed by atoms with Crippen LogP contribution in [0.25, 0.3) is 11.4 Å². The minimum Gasteiger partial charge on any atom is -0.325 e. The fourth-order valence-corrected chi connectivity index (χ4v) is 3.56. The van der Waals surface area contributed by atoms with E-state index >= 15 is 0 Å². The number of carbonyl (C=O) groups excluding carboxylic acids is 2. The number of ketones is 1. The van der Waals surface area contributed by atoms with Crippen molar-refractivity contribution in [1.29, 1.82) is 0 Å². The number of nitrogens with zero attached hydrogens (tertiary/aromatic N) is 3. The zero-order valence-electron chi connectivity index (χ0n) is 16.3. The summed E-state index contributed by atoms with van der Waals surface area (Å²) in [4.78, 5) is 24.1. The number of aromatic nitrogens is 3. The van der Waals surface area contributed by atoms with Crippen LogP contribution < -0.4 is 5.32 Å². The lowest BCUT2D eigenvalue weighted by Gasteiger charge is -2.12. The third-order valence-corrected chi connectivity index (χ3v) is 5.54. The topological polar surface area (TPSA) is 76.9 Å². The number of aryl methyl sites for hydroxylation is 1. The maximum absolute atomic E-state index is 12.6. The van der Waals surface area contributed by atoms with E-state index in [1.165, 1.54) is 18.7 Å². The Morgan fingerprint density at radius 3 is 2.57 bits per heavy atom. The van der Waals surface area contributed by atoms with Crippen molar-refractivity contribution in [3.63, 3.8) is 0 Å². The van der Waals surface area contributed by atoms with E-state index in [9.17, 15) is 9.59 Å². The van der Waals surface area contributed by atoms with Crippen molar-refractivity contribution in [3.05, 3.63) is 59.7 Å². The average Bonchev–Trinajstić information content (AvgIpc) is 3.02. The van der Waals surface area contributed by atoms with Gasteiger partial charge in [0.2, 0.25) is 5.91 Å². The molecule has 1 N–H and O–H groups in total. The number of anilines is 1. The number of thioether (sulfide) groups is 1. The van der Waals surface area contributed by atoms with Gasteiger partial charge in [-0.15, -0.1) is 10.2 Å². The molecule has 1 heterocycles. The van der Waals surface area contributed by atoms with Crippen LogP contribution >= 0.6 is 11.8 Å². The van der Waals surface area contributed by atoms with Crippen LogP contribution in [0, 0.1) is 6.92 Å². The van der Waals surface area contributed by atoms with Gasteiger partial charge in [0, 0.05) is 23.9 Å². The summed E-state index contributed by atoms with van der Waals surface area (Å²) in [7, 11) is 1.89. The molecule has 0 spiro atoms. The Morgan fingerprint density at radius 1 is 1.11 bits per heavy atom. The van der Waals surface area contributed by atoms with Crippen LogP contribution in [0.15, 0.2) is 53.7 Å². The van der Waals surface area contributed by atoms with Gasteiger partial charge in [0.25, 0.3) is 0 Å². The van der Waals surface area contributed by atoms with Gasteiger partial charge >= 0.3 is 0 Å². The SMILES string of the molecule is CC(=O)c1cccc(NC(=O)[C@@H](C)Sc2nnc(-c3ccccc3C)n2C)c1. The number of amides is 1. The van der Waals surface area contributed by atoms with E-state index in [0.29, 0.717) is 16.4 Å². The van der Waals surface area contributed by atoms with Gasteiger partial charge in [0.15, 0.2) is 16.8 Å². The predicted molar refractivity (Wildman–Crippen MR) is 112 cm³/mol. The maximum Gasteiger partial charge on any atom is 0.237 e. The van der Waals surface area contributed by atoms with Gasteiger partial charge in [-0.1, -0.05) is 48.2 Å². The van der Waals surface area contributed by atoms with Crippen molar-refractivity contribution >= 4 is 29.1 Å². The lowest BCUT2D eigenvalue weighted by atomic mass is 10.1. The molecular weight excluding hydrogens is 372 g/mol. The standard InChI is InChI=1S/C21H22N4O2S/c1-13-8-5-6-11-18(13)19-23-24-21(25(19)4)28-15(3)20(27)22-17-10-7-9-16(12-17)14(2)26/h5-12,15H,1-4H3,(H,22,27)/t15-/m1/s1. The first-order valence-corrected chi connectivity index (χ1v) is 9.78. The van der Waals surface area contributed by atoms with Gasteiger partial charge in [-0.2, -0.15) is 0 Å². The van der Waals surface area contributed by atoms with E-state index in [2.05, 4.69) is 15.5 Å². The van der Waals surface area contributed by atoms with E-state index in [0.717, 1.165) is 17.0 Å². The minimum atomic E-state index is -0.381. The van der Waals surface area contributed by atoms with Crippen molar-refractivity contribution in [2.45, 2.75) is 31.2 Å². The van der Waals surface area contributed by atoms with E-state index in [4.69, 9.17) is 0 Å². The van der Waals surface area contributed by atoms with Gasteiger partial charge in [0.1, 0.15) is 0 Å². The van der Waals surface area contributed by atoms with Gasteiger partial charge in [0.05, 0.1) is 5.25 Å². The highest BCUT2D eigenvalue weighted by Gasteiger charge is 2.20. The highest BCUT2D eigenvalue weighted by Crippen LogP contribution is 2.27. The molecule has 0 radical (unpaired) electrons. The molecule has 0 unspecified atom stereocenters. The Labute approximate surface area is 168 Å². The van der Waals surface area contributed by atoms with Gasteiger partial charge in [-0.05, 0) is 38.5 Å². The third-order valence-electron chi connectivity index (χ3n) is 4.41. The molecule has 3 rings (SSSR count). The summed E-state index contributed by atoms with van der Waals surface area (Å²) < 4.78 is 1.90. The zero-order chi connectivity index (χ0) is 20.3. The molecule has 0 aliphatic rings. The van der Waals surface area contributed by atoms with Crippen LogP contribution in [-0.2, 0) is 11.8 Å². The first kappa shape index (κ1) is 19.8. The Morgan fingerprint density at radius 2 is 1.86 bits per heavy atom. The molecular formula is C21H22N4O2S. The summed E-state index contributed by atoms with van der Waals surface area (Å²) in [6.45, 7) is 5.35. The Balaban J connectivity index is 1.72. The summed E-state index contributed by atoms with van der Waals surface area (Å²) in [6, 6.07) is 14.9. The van der Waals surface area contributed by atoms with Crippen molar-refractivity contribution in [1.82, 2.24) is 14.8 Å². The number of hydrogen-bond donors (Lipinski definition) is 1. The molecule has 0 saturated heterocycles. The number of Topliss-reactive ketones (excluding diaryl/α,β-unsaturated/α-hetero) is 1. The molecule has 0 aliphatic carbocycles. The van der Waals surface area contributed by atoms with Crippen LogP contribution in [0.1, 0.15) is 29.8 Å². The number of benzene rings is 2. The summed E-state index contributed by atoms with van der Waals surface area (Å²) in [5.74, 6) is 0.565. The smallest absolute Gasteiger partial charge is 0.237 e. The number of nitrogens with one attached hydrogen (secondary N) is 1. The van der Waals surface area contributed by atoms with Crippen LogP contribution in [-0.4, -0.2) is 31.7 Å². The highest BCUT2D eigenvalue weighted by molar-refractivity contribution is 8.00. The summed E-state index contributed by atoms with van der Waals surface area (Å²) in [5.41, 5.74) is 3.30. The highest BCUT2D eigenvalue weighted by atomic mass is 32.2. The lowest BCUT2D eigenvalue weighted by Crippen LogP contribution is -2.23. The second kappa shape index (κ2) is 8.39. The Bertz CT molecular complexity index is 1030. The third kappa shape index (κ3) is 4.31. The lowest BCUT2D eigenvalue weighted by molar-refractivity contribution is -0.115. The Kier molecular flexibility index (Phi) is 5.94. The van der Waals surface area contributed by atoms with Crippen LogP contribution in [0.3, 0.4) is 0 Å². The van der Waals surface area contributed by atoms with Gasteiger partial charge in [-0.25, -0.2) is 0 Å². The van der Waals surface area contributed by atoms with E-state index in [1.54, 1.807) is 24.3 Å². The molecule has 1 aromatic heterocycles. The second-order valence-electron chi connectivity index (χ2n) is 6.57. The van der Waals surface area contributed by atoms with Gasteiger partial charge in [-0.3, -0.25) is 9.59 Å². The summed E-state index contributed by atoms with van der Waals surface area (Å²) in [5, 5.41) is 11.7. The number of hydrogen-bond acceptors (Lipinski definition) is 5. The van der Waals surface area contributed by atoms with Crippen LogP contribution in [0.2, 0.25) is 0 Å². The summed E-state index contributed by atoms with van der Waals surface area (Å²) >= 11 is 1.34. The van der Waals surface area contributed by atoms with Gasteiger partial charge < -0.3 is 9.88 Å². The molecule has 1 atom stereocenters. The molecule has 0 saturated carbocycles. The zero-order valence-corrected chi connectivity index (χ0v) is 17.1. The van der Waals surface area contributed by atoms with Crippen molar-refractivity contribution in [2.75, 3.05) is 5.32 Å². The van der Waals surface area contributed by atoms with E-state index < -0.39 is 0 Å². The molecule has 0 bridgehead atoms. The first-order valence-electron chi connectivity index (χ1n) is 8.90.